The van der Waals surface area contributed by atoms with Crippen LogP contribution in [0.2, 0.25) is 0 Å². The normalized spacial score (nSPS) is 18.3. The standard InChI is InChI=1S/C24H20F3N3O2/c1-23(13-5-6-17(14-23)24(25,26)27)28-21-19-8-4-3-7-18(19)20(29-30-21)15-9-11-16(12-10-15)22(31)32-2/h3-12,14H,13H2,1-2H3,(H,28,30). The second-order valence-corrected chi connectivity index (χ2v) is 7.76. The molecule has 0 saturated heterocycles. The first kappa shape index (κ1) is 21.5. The number of methoxy groups -OCH3 is 1. The number of carbonyl (C=O) groups excluding carboxylic acids is 1. The summed E-state index contributed by atoms with van der Waals surface area (Å²) < 4.78 is 44.4. The average molecular weight is 439 g/mol. The number of hydrogen-bond donors (Lipinski definition) is 1. The van der Waals surface area contributed by atoms with E-state index in [2.05, 4.69) is 15.5 Å². The molecule has 1 heterocycles. The summed E-state index contributed by atoms with van der Waals surface area (Å²) in [5.74, 6) is -0.0424. The van der Waals surface area contributed by atoms with Crippen LogP contribution in [0.4, 0.5) is 19.0 Å². The summed E-state index contributed by atoms with van der Waals surface area (Å²) in [7, 11) is 1.32. The van der Waals surface area contributed by atoms with Crippen LogP contribution in [0.25, 0.3) is 22.0 Å². The first-order valence-electron chi connectivity index (χ1n) is 9.89. The molecule has 1 N–H and O–H groups in total. The van der Waals surface area contributed by atoms with E-state index in [1.54, 1.807) is 31.2 Å². The molecule has 1 aliphatic rings. The molecule has 0 aliphatic heterocycles. The van der Waals surface area contributed by atoms with Gasteiger partial charge in [0, 0.05) is 16.3 Å². The van der Waals surface area contributed by atoms with Crippen LogP contribution >= 0.6 is 0 Å². The van der Waals surface area contributed by atoms with Crippen LogP contribution in [0.15, 0.2) is 72.3 Å². The Labute approximate surface area is 182 Å². The lowest BCUT2D eigenvalue weighted by molar-refractivity contribution is -0.0889. The minimum Gasteiger partial charge on any atom is -0.465 e. The van der Waals surface area contributed by atoms with Gasteiger partial charge in [0.2, 0.25) is 0 Å². The summed E-state index contributed by atoms with van der Waals surface area (Å²) in [6.45, 7) is 1.69. The average Bonchev–Trinajstić information content (AvgIpc) is 2.78. The molecule has 0 fully saturated rings. The molecule has 2 aromatic carbocycles. The molecule has 8 heteroatoms. The van der Waals surface area contributed by atoms with Gasteiger partial charge in [0.1, 0.15) is 5.69 Å². The number of fused-ring (bicyclic) bond motifs is 1. The Hall–Kier alpha value is -3.68. The summed E-state index contributed by atoms with van der Waals surface area (Å²) in [5.41, 5.74) is 0.0956. The van der Waals surface area contributed by atoms with Gasteiger partial charge in [-0.1, -0.05) is 48.6 Å². The Bertz CT molecular complexity index is 1230. The molecule has 164 valence electrons. The number of anilines is 1. The van der Waals surface area contributed by atoms with E-state index in [-0.39, 0.29) is 0 Å². The van der Waals surface area contributed by atoms with E-state index < -0.39 is 23.3 Å². The first-order chi connectivity index (χ1) is 15.2. The molecule has 1 aliphatic carbocycles. The number of esters is 1. The Kier molecular flexibility index (Phi) is 5.46. The van der Waals surface area contributed by atoms with E-state index in [9.17, 15) is 18.0 Å². The highest BCUT2D eigenvalue weighted by Crippen LogP contribution is 2.36. The minimum atomic E-state index is -4.42. The van der Waals surface area contributed by atoms with Gasteiger partial charge in [-0.15, -0.1) is 10.2 Å². The zero-order chi connectivity index (χ0) is 22.9. The van der Waals surface area contributed by atoms with Crippen LogP contribution in [-0.4, -0.2) is 35.0 Å². The Morgan fingerprint density at radius 3 is 2.41 bits per heavy atom. The van der Waals surface area contributed by atoms with E-state index in [1.165, 1.54) is 19.3 Å². The number of nitrogens with zero attached hydrogens (tertiary/aromatic N) is 2. The number of aromatic nitrogens is 2. The number of hydrogen-bond acceptors (Lipinski definition) is 5. The van der Waals surface area contributed by atoms with E-state index in [0.29, 0.717) is 23.5 Å². The van der Waals surface area contributed by atoms with Gasteiger partial charge in [0.15, 0.2) is 5.82 Å². The third-order valence-corrected chi connectivity index (χ3v) is 5.31. The van der Waals surface area contributed by atoms with Crippen LogP contribution in [0, 0.1) is 0 Å². The molecule has 3 aromatic rings. The second kappa shape index (κ2) is 8.11. The molecular formula is C24H20F3N3O2. The second-order valence-electron chi connectivity index (χ2n) is 7.76. The fourth-order valence-electron chi connectivity index (χ4n) is 3.71. The number of rotatable bonds is 4. The van der Waals surface area contributed by atoms with Crippen LogP contribution < -0.4 is 5.32 Å². The van der Waals surface area contributed by atoms with Crippen molar-refractivity contribution in [2.45, 2.75) is 25.1 Å². The monoisotopic (exact) mass is 439 g/mol. The summed E-state index contributed by atoms with van der Waals surface area (Å²) in [4.78, 5) is 11.7. The summed E-state index contributed by atoms with van der Waals surface area (Å²) >= 11 is 0. The Morgan fingerprint density at radius 1 is 1.06 bits per heavy atom. The van der Waals surface area contributed by atoms with Gasteiger partial charge < -0.3 is 10.1 Å². The largest absolute Gasteiger partial charge is 0.465 e. The van der Waals surface area contributed by atoms with Crippen LogP contribution in [0.3, 0.4) is 0 Å². The van der Waals surface area contributed by atoms with Crippen molar-refractivity contribution in [1.29, 1.82) is 0 Å². The molecule has 0 saturated carbocycles. The molecular weight excluding hydrogens is 419 g/mol. The van der Waals surface area contributed by atoms with Crippen molar-refractivity contribution in [2.24, 2.45) is 0 Å². The van der Waals surface area contributed by atoms with Gasteiger partial charge in [-0.3, -0.25) is 0 Å². The smallest absolute Gasteiger partial charge is 0.416 e. The van der Waals surface area contributed by atoms with Gasteiger partial charge in [0.05, 0.1) is 23.8 Å². The molecule has 1 atom stereocenters. The predicted molar refractivity (Wildman–Crippen MR) is 116 cm³/mol. The van der Waals surface area contributed by atoms with Crippen LogP contribution in [0.1, 0.15) is 23.7 Å². The van der Waals surface area contributed by atoms with E-state index >= 15 is 0 Å². The SMILES string of the molecule is COC(=O)c1ccc(-c2nnc(NC3(C)C=C(C(F)(F)F)C=CC3)c3ccccc23)cc1. The number of carbonyl (C=O) groups is 1. The molecule has 0 radical (unpaired) electrons. The lowest BCUT2D eigenvalue weighted by Gasteiger charge is -2.31. The van der Waals surface area contributed by atoms with Crippen molar-refractivity contribution in [3.05, 3.63) is 77.9 Å². The molecule has 5 nitrogen and oxygen atoms in total. The number of nitrogens with one attached hydrogen (secondary N) is 1. The van der Waals surface area contributed by atoms with Gasteiger partial charge in [0.25, 0.3) is 0 Å². The van der Waals surface area contributed by atoms with Crippen molar-refractivity contribution in [3.63, 3.8) is 0 Å². The van der Waals surface area contributed by atoms with Crippen LogP contribution in [0.5, 0.6) is 0 Å². The van der Waals surface area contributed by atoms with Gasteiger partial charge >= 0.3 is 12.1 Å². The molecule has 0 spiro atoms. The van der Waals surface area contributed by atoms with E-state index in [4.69, 9.17) is 4.74 Å². The maximum Gasteiger partial charge on any atom is 0.416 e. The van der Waals surface area contributed by atoms with Gasteiger partial charge in [-0.25, -0.2) is 4.79 Å². The maximum absolute atomic E-state index is 13.2. The molecule has 32 heavy (non-hydrogen) atoms. The number of alkyl halides is 3. The van der Waals surface area contributed by atoms with E-state index in [0.717, 1.165) is 22.4 Å². The minimum absolute atomic E-state index is 0.374. The van der Waals surface area contributed by atoms with Crippen molar-refractivity contribution < 1.29 is 22.7 Å². The van der Waals surface area contributed by atoms with Gasteiger partial charge in [-0.05, 0) is 31.6 Å². The number of allylic oxidation sites excluding steroid dienone is 2. The Morgan fingerprint density at radius 2 is 1.75 bits per heavy atom. The van der Waals surface area contributed by atoms with Gasteiger partial charge in [-0.2, -0.15) is 13.2 Å². The molecule has 1 aromatic heterocycles. The topological polar surface area (TPSA) is 64.1 Å². The third kappa shape index (κ3) is 4.21. The fraction of sp³-hybridized carbons (Fsp3) is 0.208. The van der Waals surface area contributed by atoms with Crippen LogP contribution in [-0.2, 0) is 4.74 Å². The maximum atomic E-state index is 13.2. The lowest BCUT2D eigenvalue weighted by atomic mass is 9.89. The molecule has 0 bridgehead atoms. The zero-order valence-electron chi connectivity index (χ0n) is 17.4. The lowest BCUT2D eigenvalue weighted by Crippen LogP contribution is -2.35. The highest BCUT2D eigenvalue weighted by Gasteiger charge is 2.37. The molecule has 1 unspecified atom stereocenters. The number of benzene rings is 2. The zero-order valence-corrected chi connectivity index (χ0v) is 17.4. The quantitative estimate of drug-likeness (QED) is 0.528. The summed E-state index contributed by atoms with van der Waals surface area (Å²) in [6.07, 6.45) is -0.271. The first-order valence-corrected chi connectivity index (χ1v) is 9.89. The highest BCUT2D eigenvalue weighted by atomic mass is 19.4. The molecule has 0 amide bonds. The van der Waals surface area contributed by atoms with Crippen molar-refractivity contribution in [2.75, 3.05) is 12.4 Å². The predicted octanol–water partition coefficient (Wildman–Crippen LogP) is 5.70. The highest BCUT2D eigenvalue weighted by molar-refractivity contribution is 6.00. The van der Waals surface area contributed by atoms with Crippen molar-refractivity contribution in [1.82, 2.24) is 10.2 Å². The van der Waals surface area contributed by atoms with Crippen molar-refractivity contribution >= 4 is 22.6 Å². The number of ether oxygens (including phenoxy) is 1. The summed E-state index contributed by atoms with van der Waals surface area (Å²) in [6, 6.07) is 14.2. The third-order valence-electron chi connectivity index (χ3n) is 5.31. The molecule has 4 rings (SSSR count). The summed E-state index contributed by atoms with van der Waals surface area (Å²) in [5, 5.41) is 13.3. The van der Waals surface area contributed by atoms with Crippen molar-refractivity contribution in [3.8, 4) is 11.3 Å². The van der Waals surface area contributed by atoms with E-state index in [1.807, 2.05) is 24.3 Å². The Balaban J connectivity index is 1.73. The fourth-order valence-corrected chi connectivity index (χ4v) is 3.71. The number of halogens is 3.